The molecule has 6 nitrogen and oxygen atoms in total. The van der Waals surface area contributed by atoms with E-state index < -0.39 is 17.7 Å². The molecule has 0 aliphatic carbocycles. The molecular weight excluding hydrogens is 368 g/mol. The summed E-state index contributed by atoms with van der Waals surface area (Å²) in [4.78, 5) is 27.2. The zero-order valence-electron chi connectivity index (χ0n) is 16.1. The van der Waals surface area contributed by atoms with Gasteiger partial charge in [-0.15, -0.1) is 0 Å². The minimum absolute atomic E-state index is 0.0334. The summed E-state index contributed by atoms with van der Waals surface area (Å²) >= 11 is 0. The molecule has 2 aromatic carbocycles. The lowest BCUT2D eigenvalue weighted by Crippen LogP contribution is -2.29. The normalized spacial score (nSPS) is 18.4. The van der Waals surface area contributed by atoms with Crippen molar-refractivity contribution in [1.29, 1.82) is 0 Å². The number of benzene rings is 2. The van der Waals surface area contributed by atoms with Gasteiger partial charge in [0, 0.05) is 11.6 Å². The highest BCUT2D eigenvalue weighted by Crippen LogP contribution is 2.41. The molecule has 1 unspecified atom stereocenters. The quantitative estimate of drug-likeness (QED) is 0.412. The Hall–Kier alpha value is -3.67. The van der Waals surface area contributed by atoms with Crippen LogP contribution < -0.4 is 4.90 Å². The van der Waals surface area contributed by atoms with Gasteiger partial charge in [0.2, 0.25) is 0 Å². The number of aliphatic hydroxyl groups excluding tert-OH is 1. The van der Waals surface area contributed by atoms with Crippen molar-refractivity contribution >= 4 is 23.3 Å². The zero-order valence-corrected chi connectivity index (χ0v) is 16.1. The van der Waals surface area contributed by atoms with Crippen LogP contribution in [0, 0.1) is 6.92 Å². The van der Waals surface area contributed by atoms with Crippen LogP contribution in [0.2, 0.25) is 0 Å². The molecule has 0 saturated carbocycles. The molecule has 1 aromatic heterocycles. The average Bonchev–Trinajstić information content (AvgIpc) is 3.29. The van der Waals surface area contributed by atoms with Gasteiger partial charge >= 0.3 is 5.91 Å². The molecule has 1 N–H and O–H groups in total. The predicted octanol–water partition coefficient (Wildman–Crippen LogP) is 4.17. The number of carbonyl (C=O) groups is 2. The molecule has 3 aromatic rings. The molecule has 2 heterocycles. The van der Waals surface area contributed by atoms with Crippen molar-refractivity contribution in [3.05, 3.63) is 88.7 Å². The molecule has 1 saturated heterocycles. The summed E-state index contributed by atoms with van der Waals surface area (Å²) in [5.74, 6) is -0.959. The van der Waals surface area contributed by atoms with Gasteiger partial charge < -0.3 is 9.63 Å². The maximum Gasteiger partial charge on any atom is 0.301 e. The lowest BCUT2D eigenvalue weighted by molar-refractivity contribution is -0.132. The van der Waals surface area contributed by atoms with E-state index in [1.807, 2.05) is 30.3 Å². The number of hydrogen-bond donors (Lipinski definition) is 1. The molecule has 1 aliphatic rings. The van der Waals surface area contributed by atoms with Crippen LogP contribution in [0.5, 0.6) is 0 Å². The summed E-state index contributed by atoms with van der Waals surface area (Å²) < 4.78 is 5.13. The summed E-state index contributed by atoms with van der Waals surface area (Å²) in [6, 6.07) is 17.2. The fourth-order valence-electron chi connectivity index (χ4n) is 3.54. The first kappa shape index (κ1) is 18.7. The van der Waals surface area contributed by atoms with Gasteiger partial charge in [-0.05, 0) is 24.5 Å². The van der Waals surface area contributed by atoms with E-state index >= 15 is 0 Å². The molecule has 1 aliphatic heterocycles. The van der Waals surface area contributed by atoms with Crippen LogP contribution >= 0.6 is 0 Å². The van der Waals surface area contributed by atoms with E-state index in [-0.39, 0.29) is 17.2 Å². The number of aryl methyl sites for hydroxylation is 2. The van der Waals surface area contributed by atoms with Crippen molar-refractivity contribution in [3.8, 4) is 0 Å². The number of hydrogen-bond acceptors (Lipinski definition) is 5. The first-order chi connectivity index (χ1) is 14.0. The molecule has 1 atom stereocenters. The fourth-order valence-corrected chi connectivity index (χ4v) is 3.54. The number of nitrogens with zero attached hydrogens (tertiary/aromatic N) is 2. The number of Topliss-reactive ketones (excluding diaryl/α,β-unsaturated/α-hetero) is 1. The second-order valence-electron chi connectivity index (χ2n) is 6.93. The van der Waals surface area contributed by atoms with Crippen molar-refractivity contribution in [1.82, 2.24) is 5.16 Å². The Morgan fingerprint density at radius 1 is 1.10 bits per heavy atom. The van der Waals surface area contributed by atoms with E-state index in [1.54, 1.807) is 37.3 Å². The van der Waals surface area contributed by atoms with E-state index in [1.165, 1.54) is 4.90 Å². The highest BCUT2D eigenvalue weighted by atomic mass is 16.5. The standard InChI is InChI=1S/C23H20N2O4/c1-3-15-9-11-16(12-10-15)20-19(21(26)17-7-5-4-6-8-17)22(27)23(28)25(20)18-13-14(2)29-24-18/h4-13,20,26H,3H2,1-2H3/b21-19+. The van der Waals surface area contributed by atoms with Crippen molar-refractivity contribution in [2.75, 3.05) is 4.90 Å². The molecule has 6 heteroatoms. The van der Waals surface area contributed by atoms with Crippen LogP contribution in [-0.2, 0) is 16.0 Å². The van der Waals surface area contributed by atoms with Crippen LogP contribution in [0.25, 0.3) is 5.76 Å². The molecular formula is C23H20N2O4. The Labute approximate surface area is 168 Å². The Balaban J connectivity index is 1.92. The predicted molar refractivity (Wildman–Crippen MR) is 108 cm³/mol. The lowest BCUT2D eigenvalue weighted by atomic mass is 9.94. The Kier molecular flexibility index (Phi) is 4.76. The van der Waals surface area contributed by atoms with Gasteiger partial charge in [0.1, 0.15) is 11.5 Å². The summed E-state index contributed by atoms with van der Waals surface area (Å²) in [6.45, 7) is 3.76. The maximum atomic E-state index is 12.9. The van der Waals surface area contributed by atoms with Gasteiger partial charge in [-0.3, -0.25) is 14.5 Å². The molecule has 0 spiro atoms. The zero-order chi connectivity index (χ0) is 20.5. The maximum absolute atomic E-state index is 12.9. The Bertz CT molecular complexity index is 1100. The fraction of sp³-hybridized carbons (Fsp3) is 0.174. The molecule has 146 valence electrons. The molecule has 1 fully saturated rings. The van der Waals surface area contributed by atoms with Crippen molar-refractivity contribution in [3.63, 3.8) is 0 Å². The monoisotopic (exact) mass is 388 g/mol. The van der Waals surface area contributed by atoms with Gasteiger partial charge in [-0.1, -0.05) is 66.7 Å². The third-order valence-corrected chi connectivity index (χ3v) is 5.06. The second kappa shape index (κ2) is 7.39. The summed E-state index contributed by atoms with van der Waals surface area (Å²) in [5, 5.41) is 14.9. The van der Waals surface area contributed by atoms with Crippen LogP contribution in [0.3, 0.4) is 0 Å². The topological polar surface area (TPSA) is 83.6 Å². The van der Waals surface area contributed by atoms with Gasteiger partial charge in [0.25, 0.3) is 5.78 Å². The van der Waals surface area contributed by atoms with Crippen LogP contribution in [0.1, 0.15) is 35.4 Å². The molecule has 4 rings (SSSR count). The molecule has 1 amide bonds. The van der Waals surface area contributed by atoms with Gasteiger partial charge in [-0.25, -0.2) is 0 Å². The third kappa shape index (κ3) is 3.23. The summed E-state index contributed by atoms with van der Waals surface area (Å²) in [5.41, 5.74) is 2.34. The molecule has 0 radical (unpaired) electrons. The molecule has 29 heavy (non-hydrogen) atoms. The van der Waals surface area contributed by atoms with Crippen LogP contribution in [0.4, 0.5) is 5.82 Å². The van der Waals surface area contributed by atoms with E-state index in [0.717, 1.165) is 12.0 Å². The minimum Gasteiger partial charge on any atom is -0.507 e. The van der Waals surface area contributed by atoms with Gasteiger partial charge in [0.05, 0.1) is 11.6 Å². The lowest BCUT2D eigenvalue weighted by Gasteiger charge is -2.23. The average molecular weight is 388 g/mol. The number of anilines is 1. The number of amides is 1. The third-order valence-electron chi connectivity index (χ3n) is 5.06. The number of aliphatic hydroxyl groups is 1. The summed E-state index contributed by atoms with van der Waals surface area (Å²) in [6.07, 6.45) is 0.868. The van der Waals surface area contributed by atoms with Crippen molar-refractivity contribution in [2.24, 2.45) is 0 Å². The van der Waals surface area contributed by atoms with E-state index in [2.05, 4.69) is 12.1 Å². The largest absolute Gasteiger partial charge is 0.507 e. The van der Waals surface area contributed by atoms with Gasteiger partial charge in [-0.2, -0.15) is 0 Å². The first-order valence-corrected chi connectivity index (χ1v) is 9.39. The highest BCUT2D eigenvalue weighted by Gasteiger charge is 2.48. The number of carbonyl (C=O) groups excluding carboxylic acids is 2. The minimum atomic E-state index is -0.800. The summed E-state index contributed by atoms with van der Waals surface area (Å²) in [7, 11) is 0. The van der Waals surface area contributed by atoms with Crippen LogP contribution in [0.15, 0.2) is 70.8 Å². The van der Waals surface area contributed by atoms with Crippen molar-refractivity contribution in [2.45, 2.75) is 26.3 Å². The van der Waals surface area contributed by atoms with E-state index in [9.17, 15) is 14.7 Å². The van der Waals surface area contributed by atoms with Crippen molar-refractivity contribution < 1.29 is 19.2 Å². The first-order valence-electron chi connectivity index (χ1n) is 9.39. The highest BCUT2D eigenvalue weighted by molar-refractivity contribution is 6.51. The van der Waals surface area contributed by atoms with E-state index in [4.69, 9.17) is 4.52 Å². The Morgan fingerprint density at radius 2 is 1.79 bits per heavy atom. The van der Waals surface area contributed by atoms with Gasteiger partial charge in [0.15, 0.2) is 5.82 Å². The molecule has 0 bridgehead atoms. The van der Waals surface area contributed by atoms with E-state index in [0.29, 0.717) is 16.9 Å². The van der Waals surface area contributed by atoms with Crippen LogP contribution in [-0.4, -0.2) is 22.0 Å². The SMILES string of the molecule is CCc1ccc(C2/C(=C(\O)c3ccccc3)C(=O)C(=O)N2c2cc(C)on2)cc1. The second-order valence-corrected chi connectivity index (χ2v) is 6.93. The number of rotatable bonds is 4. The number of aromatic nitrogens is 1. The smallest absolute Gasteiger partial charge is 0.301 e. The Morgan fingerprint density at radius 3 is 2.38 bits per heavy atom. The number of ketones is 1.